The lowest BCUT2D eigenvalue weighted by Gasteiger charge is -2.08. The number of nitrogens with zero attached hydrogens (tertiary/aromatic N) is 6. The normalized spacial score (nSPS) is 11.0. The van der Waals surface area contributed by atoms with E-state index in [0.29, 0.717) is 34.5 Å². The zero-order valence-corrected chi connectivity index (χ0v) is 17.1. The predicted molar refractivity (Wildman–Crippen MR) is 115 cm³/mol. The standard InChI is InChI=1S/C20H21ClN8O/c1-2-28-6-5-23-18(28)10-25-20-24-4-3-17(26-20)16-11-29(12-22)27-19(16)13-7-14(21)9-15(30)8-13/h3-9,11,30H,2,10,12,22H2,1H3,(H,24,25,26). The molecule has 9 nitrogen and oxygen atoms in total. The lowest BCUT2D eigenvalue weighted by molar-refractivity contribution is 0.475. The van der Waals surface area contributed by atoms with Gasteiger partial charge in [-0.1, -0.05) is 11.6 Å². The number of halogens is 1. The second-order valence-electron chi connectivity index (χ2n) is 6.56. The van der Waals surface area contributed by atoms with Crippen molar-refractivity contribution in [2.24, 2.45) is 5.73 Å². The molecule has 0 aliphatic carbocycles. The Morgan fingerprint density at radius 2 is 2.07 bits per heavy atom. The van der Waals surface area contributed by atoms with Gasteiger partial charge in [0.25, 0.3) is 0 Å². The third-order valence-electron chi connectivity index (χ3n) is 4.58. The van der Waals surface area contributed by atoms with E-state index in [9.17, 15) is 5.11 Å². The number of nitrogens with one attached hydrogen (secondary N) is 1. The molecule has 154 valence electrons. The molecule has 0 unspecified atom stereocenters. The first-order chi connectivity index (χ1) is 14.6. The van der Waals surface area contributed by atoms with Gasteiger partial charge < -0.3 is 20.7 Å². The molecule has 1 aromatic carbocycles. The number of hydrogen-bond acceptors (Lipinski definition) is 7. The van der Waals surface area contributed by atoms with Gasteiger partial charge in [-0.05, 0) is 31.2 Å². The van der Waals surface area contributed by atoms with E-state index in [1.54, 1.807) is 35.3 Å². The molecule has 0 aliphatic rings. The monoisotopic (exact) mass is 424 g/mol. The number of phenols is 1. The molecule has 10 heteroatoms. The zero-order chi connectivity index (χ0) is 21.1. The topological polar surface area (TPSA) is 120 Å². The van der Waals surface area contributed by atoms with Crippen LogP contribution in [0.15, 0.2) is 49.1 Å². The number of anilines is 1. The third-order valence-corrected chi connectivity index (χ3v) is 4.80. The number of rotatable bonds is 7. The van der Waals surface area contributed by atoms with Crippen LogP contribution in [-0.4, -0.2) is 34.4 Å². The summed E-state index contributed by atoms with van der Waals surface area (Å²) in [6, 6.07) is 6.60. The number of aromatic nitrogens is 6. The molecule has 4 rings (SSSR count). The molecule has 0 radical (unpaired) electrons. The van der Waals surface area contributed by atoms with Crippen molar-refractivity contribution in [2.45, 2.75) is 26.7 Å². The highest BCUT2D eigenvalue weighted by Crippen LogP contribution is 2.33. The van der Waals surface area contributed by atoms with Gasteiger partial charge >= 0.3 is 0 Å². The van der Waals surface area contributed by atoms with Gasteiger partial charge in [0, 0.05) is 47.5 Å². The summed E-state index contributed by atoms with van der Waals surface area (Å²) in [6.07, 6.45) is 7.19. The van der Waals surface area contributed by atoms with E-state index in [-0.39, 0.29) is 12.4 Å². The van der Waals surface area contributed by atoms with E-state index in [1.165, 1.54) is 6.07 Å². The summed E-state index contributed by atoms with van der Waals surface area (Å²) in [5.74, 6) is 1.43. The van der Waals surface area contributed by atoms with Crippen molar-refractivity contribution in [3.05, 3.63) is 59.9 Å². The minimum atomic E-state index is 0.0576. The van der Waals surface area contributed by atoms with Gasteiger partial charge in [-0.3, -0.25) is 4.68 Å². The van der Waals surface area contributed by atoms with Gasteiger partial charge in [0.15, 0.2) is 0 Å². The van der Waals surface area contributed by atoms with Crippen LogP contribution in [0.5, 0.6) is 5.75 Å². The smallest absolute Gasteiger partial charge is 0.223 e. The van der Waals surface area contributed by atoms with Crippen molar-refractivity contribution in [1.29, 1.82) is 0 Å². The number of nitrogens with two attached hydrogens (primary N) is 1. The maximum atomic E-state index is 9.94. The van der Waals surface area contributed by atoms with Crippen LogP contribution in [0.2, 0.25) is 5.02 Å². The fourth-order valence-electron chi connectivity index (χ4n) is 3.17. The number of benzene rings is 1. The molecule has 3 heterocycles. The first-order valence-corrected chi connectivity index (χ1v) is 9.80. The van der Waals surface area contributed by atoms with Gasteiger partial charge in [0.05, 0.1) is 18.9 Å². The minimum absolute atomic E-state index is 0.0576. The average molecular weight is 425 g/mol. The van der Waals surface area contributed by atoms with E-state index in [4.69, 9.17) is 17.3 Å². The average Bonchev–Trinajstić information content (AvgIpc) is 3.38. The van der Waals surface area contributed by atoms with E-state index < -0.39 is 0 Å². The maximum absolute atomic E-state index is 9.94. The van der Waals surface area contributed by atoms with Crippen LogP contribution in [0.1, 0.15) is 12.7 Å². The molecule has 0 atom stereocenters. The van der Waals surface area contributed by atoms with Crippen LogP contribution in [-0.2, 0) is 19.8 Å². The number of aryl methyl sites for hydroxylation is 1. The van der Waals surface area contributed by atoms with Gasteiger partial charge in [0.2, 0.25) is 5.95 Å². The number of phenolic OH excluding ortho intramolecular Hbond substituents is 1. The minimum Gasteiger partial charge on any atom is -0.508 e. The first-order valence-electron chi connectivity index (χ1n) is 9.42. The predicted octanol–water partition coefficient (Wildman–Crippen LogP) is 3.11. The third kappa shape index (κ3) is 4.12. The summed E-state index contributed by atoms with van der Waals surface area (Å²) < 4.78 is 3.65. The maximum Gasteiger partial charge on any atom is 0.223 e. The van der Waals surface area contributed by atoms with E-state index >= 15 is 0 Å². The first kappa shape index (κ1) is 19.9. The fraction of sp³-hybridized carbons (Fsp3) is 0.200. The van der Waals surface area contributed by atoms with Crippen molar-refractivity contribution >= 4 is 17.5 Å². The summed E-state index contributed by atoms with van der Waals surface area (Å²) >= 11 is 6.12. The lowest BCUT2D eigenvalue weighted by atomic mass is 10.1. The zero-order valence-electron chi connectivity index (χ0n) is 16.3. The summed E-state index contributed by atoms with van der Waals surface area (Å²) in [4.78, 5) is 13.3. The summed E-state index contributed by atoms with van der Waals surface area (Å²) in [5.41, 5.74) is 8.48. The van der Waals surface area contributed by atoms with Crippen LogP contribution in [0, 0.1) is 0 Å². The molecular formula is C20H21ClN8O. The fourth-order valence-corrected chi connectivity index (χ4v) is 3.40. The van der Waals surface area contributed by atoms with Crippen molar-refractivity contribution in [1.82, 2.24) is 29.3 Å². The van der Waals surface area contributed by atoms with Crippen molar-refractivity contribution in [3.63, 3.8) is 0 Å². The quantitative estimate of drug-likeness (QED) is 0.417. The molecule has 3 aromatic heterocycles. The Morgan fingerprint density at radius 1 is 1.20 bits per heavy atom. The molecular weight excluding hydrogens is 404 g/mol. The van der Waals surface area contributed by atoms with Crippen LogP contribution in [0.4, 0.5) is 5.95 Å². The molecule has 4 N–H and O–H groups in total. The molecule has 0 amide bonds. The Morgan fingerprint density at radius 3 is 2.83 bits per heavy atom. The molecule has 0 spiro atoms. The van der Waals surface area contributed by atoms with Gasteiger partial charge in [-0.2, -0.15) is 5.10 Å². The Balaban J connectivity index is 1.67. The molecule has 30 heavy (non-hydrogen) atoms. The Bertz CT molecular complexity index is 1150. The van der Waals surface area contributed by atoms with Crippen molar-refractivity contribution in [3.8, 4) is 28.3 Å². The van der Waals surface area contributed by atoms with Gasteiger partial charge in [0.1, 0.15) is 17.3 Å². The highest BCUT2D eigenvalue weighted by molar-refractivity contribution is 6.31. The highest BCUT2D eigenvalue weighted by Gasteiger charge is 2.16. The van der Waals surface area contributed by atoms with Crippen LogP contribution < -0.4 is 11.1 Å². The van der Waals surface area contributed by atoms with Crippen LogP contribution >= 0.6 is 11.6 Å². The second kappa shape index (κ2) is 8.52. The SMILES string of the molecule is CCn1ccnc1CNc1nccc(-c2cn(CN)nc2-c2cc(O)cc(Cl)c2)n1. The van der Waals surface area contributed by atoms with Gasteiger partial charge in [-0.15, -0.1) is 0 Å². The summed E-state index contributed by atoms with van der Waals surface area (Å²) in [5, 5.41) is 18.1. The molecule has 0 aliphatic heterocycles. The summed E-state index contributed by atoms with van der Waals surface area (Å²) in [7, 11) is 0. The van der Waals surface area contributed by atoms with Crippen LogP contribution in [0.3, 0.4) is 0 Å². The Hall–Kier alpha value is -3.43. The highest BCUT2D eigenvalue weighted by atomic mass is 35.5. The van der Waals surface area contributed by atoms with Crippen LogP contribution in [0.25, 0.3) is 22.5 Å². The summed E-state index contributed by atoms with van der Waals surface area (Å²) in [6.45, 7) is 3.61. The number of aromatic hydroxyl groups is 1. The molecule has 0 saturated carbocycles. The molecule has 4 aromatic rings. The Labute approximate surface area is 178 Å². The lowest BCUT2D eigenvalue weighted by Crippen LogP contribution is -2.09. The second-order valence-corrected chi connectivity index (χ2v) is 7.00. The van der Waals surface area contributed by atoms with Gasteiger partial charge in [-0.25, -0.2) is 15.0 Å². The molecule has 0 saturated heterocycles. The van der Waals surface area contributed by atoms with E-state index in [0.717, 1.165) is 17.9 Å². The molecule has 0 fully saturated rings. The van der Waals surface area contributed by atoms with E-state index in [2.05, 4.69) is 32.3 Å². The largest absolute Gasteiger partial charge is 0.508 e. The Kier molecular flexibility index (Phi) is 5.64. The van der Waals surface area contributed by atoms with E-state index in [1.807, 2.05) is 17.0 Å². The molecule has 0 bridgehead atoms. The number of hydrogen-bond donors (Lipinski definition) is 3. The van der Waals surface area contributed by atoms with Crippen molar-refractivity contribution in [2.75, 3.05) is 5.32 Å². The van der Waals surface area contributed by atoms with Crippen molar-refractivity contribution < 1.29 is 5.11 Å². The number of imidazole rings is 1.